The summed E-state index contributed by atoms with van der Waals surface area (Å²) >= 11 is 5.18. The molecule has 3 heterocycles. The lowest BCUT2D eigenvalue weighted by Gasteiger charge is -2.12. The first kappa shape index (κ1) is 13.5. The Morgan fingerprint density at radius 2 is 2.30 bits per heavy atom. The molecule has 0 N–H and O–H groups in total. The second-order valence-corrected chi connectivity index (χ2v) is 6.30. The van der Waals surface area contributed by atoms with E-state index in [2.05, 4.69) is 42.4 Å². The SMILES string of the molecule is CN(Cc1nc(-c2ccco2)no1)Cc1cc(Br)cs1. The van der Waals surface area contributed by atoms with Gasteiger partial charge in [-0.3, -0.25) is 4.90 Å². The summed E-state index contributed by atoms with van der Waals surface area (Å²) in [4.78, 5) is 7.73. The molecular weight excluding hydrogens is 342 g/mol. The summed E-state index contributed by atoms with van der Waals surface area (Å²) in [7, 11) is 2.02. The zero-order valence-corrected chi connectivity index (χ0v) is 13.1. The first-order valence-electron chi connectivity index (χ1n) is 5.98. The molecule has 0 aliphatic rings. The Bertz CT molecular complexity index is 677. The molecule has 0 atom stereocenters. The molecule has 0 spiro atoms. The Morgan fingerprint density at radius 3 is 3.00 bits per heavy atom. The van der Waals surface area contributed by atoms with Gasteiger partial charge in [-0.05, 0) is 41.2 Å². The molecule has 0 amide bonds. The van der Waals surface area contributed by atoms with Crippen LogP contribution in [0.25, 0.3) is 11.6 Å². The van der Waals surface area contributed by atoms with Gasteiger partial charge in [-0.1, -0.05) is 5.16 Å². The van der Waals surface area contributed by atoms with Gasteiger partial charge in [0.1, 0.15) is 0 Å². The van der Waals surface area contributed by atoms with E-state index in [4.69, 9.17) is 8.94 Å². The lowest BCUT2D eigenvalue weighted by Crippen LogP contribution is -2.16. The average Bonchev–Trinajstić information content (AvgIpc) is 3.10. The zero-order chi connectivity index (χ0) is 13.9. The summed E-state index contributed by atoms with van der Waals surface area (Å²) in [5, 5.41) is 5.99. The molecule has 0 saturated carbocycles. The minimum atomic E-state index is 0.484. The third-order valence-corrected chi connectivity index (χ3v) is 4.34. The fraction of sp³-hybridized carbons (Fsp3) is 0.231. The van der Waals surface area contributed by atoms with Crippen LogP contribution in [-0.4, -0.2) is 22.1 Å². The Hall–Kier alpha value is -1.44. The minimum absolute atomic E-state index is 0.484. The zero-order valence-electron chi connectivity index (χ0n) is 10.7. The van der Waals surface area contributed by atoms with Crippen molar-refractivity contribution in [2.24, 2.45) is 0 Å². The van der Waals surface area contributed by atoms with Crippen molar-refractivity contribution in [2.75, 3.05) is 7.05 Å². The average molecular weight is 354 g/mol. The van der Waals surface area contributed by atoms with Crippen molar-refractivity contribution in [1.29, 1.82) is 0 Å². The molecule has 0 aliphatic heterocycles. The molecule has 0 fully saturated rings. The summed E-state index contributed by atoms with van der Waals surface area (Å²) in [6, 6.07) is 5.72. The molecule has 5 nitrogen and oxygen atoms in total. The maximum absolute atomic E-state index is 5.23. The van der Waals surface area contributed by atoms with E-state index >= 15 is 0 Å². The standard InChI is InChI=1S/C13H12BrN3O2S/c1-17(6-10-5-9(14)8-20-10)7-12-15-13(16-19-12)11-3-2-4-18-11/h2-5,8H,6-7H2,1H3. The van der Waals surface area contributed by atoms with Crippen LogP contribution in [0.5, 0.6) is 0 Å². The van der Waals surface area contributed by atoms with Crippen molar-refractivity contribution in [2.45, 2.75) is 13.1 Å². The molecule has 3 rings (SSSR count). The van der Waals surface area contributed by atoms with Crippen LogP contribution in [0.2, 0.25) is 0 Å². The molecule has 0 radical (unpaired) electrons. The van der Waals surface area contributed by atoms with Crippen LogP contribution < -0.4 is 0 Å². The number of hydrogen-bond donors (Lipinski definition) is 0. The summed E-state index contributed by atoms with van der Waals surface area (Å²) in [6.07, 6.45) is 1.59. The molecule has 7 heteroatoms. The van der Waals surface area contributed by atoms with Crippen molar-refractivity contribution in [3.8, 4) is 11.6 Å². The normalized spacial score (nSPS) is 11.3. The fourth-order valence-corrected chi connectivity index (χ4v) is 3.34. The van der Waals surface area contributed by atoms with Crippen LogP contribution in [0, 0.1) is 0 Å². The van der Waals surface area contributed by atoms with E-state index in [1.807, 2.05) is 13.1 Å². The van der Waals surface area contributed by atoms with Gasteiger partial charge in [0.05, 0.1) is 12.8 Å². The number of hydrogen-bond acceptors (Lipinski definition) is 6. The number of thiophene rings is 1. The molecule has 0 saturated heterocycles. The van der Waals surface area contributed by atoms with Gasteiger partial charge >= 0.3 is 0 Å². The van der Waals surface area contributed by atoms with Crippen molar-refractivity contribution in [3.05, 3.63) is 45.1 Å². The van der Waals surface area contributed by atoms with Crippen molar-refractivity contribution in [1.82, 2.24) is 15.0 Å². The second kappa shape index (κ2) is 5.90. The Morgan fingerprint density at radius 1 is 1.40 bits per heavy atom. The number of halogens is 1. The van der Waals surface area contributed by atoms with Crippen LogP contribution in [-0.2, 0) is 13.1 Å². The molecule has 0 bridgehead atoms. The summed E-state index contributed by atoms with van der Waals surface area (Å²) in [5.41, 5.74) is 0. The van der Waals surface area contributed by atoms with Crippen molar-refractivity contribution in [3.63, 3.8) is 0 Å². The summed E-state index contributed by atoms with van der Waals surface area (Å²) in [5.74, 6) is 1.68. The van der Waals surface area contributed by atoms with Crippen molar-refractivity contribution >= 4 is 27.3 Å². The molecule has 104 valence electrons. The topological polar surface area (TPSA) is 55.3 Å². The summed E-state index contributed by atoms with van der Waals surface area (Å²) in [6.45, 7) is 1.44. The molecule has 3 aromatic rings. The predicted molar refractivity (Wildman–Crippen MR) is 79.2 cm³/mol. The van der Waals surface area contributed by atoms with E-state index in [9.17, 15) is 0 Å². The Balaban J connectivity index is 1.63. The Kier molecular flexibility index (Phi) is 4.00. The smallest absolute Gasteiger partial charge is 0.241 e. The van der Waals surface area contributed by atoms with Crippen LogP contribution in [0.1, 0.15) is 10.8 Å². The van der Waals surface area contributed by atoms with E-state index in [0.717, 1.165) is 11.0 Å². The first-order valence-corrected chi connectivity index (χ1v) is 7.66. The molecule has 0 aromatic carbocycles. The molecule has 20 heavy (non-hydrogen) atoms. The third kappa shape index (κ3) is 3.17. The number of nitrogens with zero attached hydrogens (tertiary/aromatic N) is 3. The van der Waals surface area contributed by atoms with E-state index in [0.29, 0.717) is 24.0 Å². The third-order valence-electron chi connectivity index (χ3n) is 2.66. The lowest BCUT2D eigenvalue weighted by molar-refractivity contribution is 0.262. The van der Waals surface area contributed by atoms with Gasteiger partial charge in [0, 0.05) is 21.3 Å². The second-order valence-electron chi connectivity index (χ2n) is 4.39. The van der Waals surface area contributed by atoms with Crippen molar-refractivity contribution < 1.29 is 8.94 Å². The maximum Gasteiger partial charge on any atom is 0.241 e. The largest absolute Gasteiger partial charge is 0.461 e. The van der Waals surface area contributed by atoms with Gasteiger partial charge < -0.3 is 8.94 Å². The Labute approximate surface area is 128 Å². The van der Waals surface area contributed by atoms with Crippen LogP contribution in [0.4, 0.5) is 0 Å². The molecule has 0 aliphatic carbocycles. The van der Waals surface area contributed by atoms with Gasteiger partial charge in [0.15, 0.2) is 5.76 Å². The minimum Gasteiger partial charge on any atom is -0.461 e. The van der Waals surface area contributed by atoms with E-state index < -0.39 is 0 Å². The van der Waals surface area contributed by atoms with Gasteiger partial charge in [0.2, 0.25) is 11.7 Å². The molecule has 3 aromatic heterocycles. The van der Waals surface area contributed by atoms with E-state index in [-0.39, 0.29) is 0 Å². The lowest BCUT2D eigenvalue weighted by atomic mass is 10.4. The van der Waals surface area contributed by atoms with Gasteiger partial charge in [-0.2, -0.15) is 4.98 Å². The number of furan rings is 1. The highest BCUT2D eigenvalue weighted by Crippen LogP contribution is 2.21. The molecular formula is C13H12BrN3O2S. The van der Waals surface area contributed by atoms with Crippen LogP contribution >= 0.6 is 27.3 Å². The highest BCUT2D eigenvalue weighted by atomic mass is 79.9. The number of rotatable bonds is 5. The van der Waals surface area contributed by atoms with Gasteiger partial charge in [-0.25, -0.2) is 0 Å². The summed E-state index contributed by atoms with van der Waals surface area (Å²) < 4.78 is 11.6. The van der Waals surface area contributed by atoms with Crippen LogP contribution in [0.15, 0.2) is 43.3 Å². The van der Waals surface area contributed by atoms with E-state index in [1.165, 1.54) is 4.88 Å². The monoisotopic (exact) mass is 353 g/mol. The molecule has 0 unspecified atom stereocenters. The number of aromatic nitrogens is 2. The van der Waals surface area contributed by atoms with E-state index in [1.54, 1.807) is 23.7 Å². The fourth-order valence-electron chi connectivity index (χ4n) is 1.81. The highest BCUT2D eigenvalue weighted by molar-refractivity contribution is 9.10. The first-order chi connectivity index (χ1) is 9.70. The quantitative estimate of drug-likeness (QED) is 0.698. The highest BCUT2D eigenvalue weighted by Gasteiger charge is 2.13. The predicted octanol–water partition coefficient (Wildman–Crippen LogP) is 3.79. The van der Waals surface area contributed by atoms with Crippen LogP contribution in [0.3, 0.4) is 0 Å². The van der Waals surface area contributed by atoms with Gasteiger partial charge in [0.25, 0.3) is 0 Å². The van der Waals surface area contributed by atoms with Gasteiger partial charge in [-0.15, -0.1) is 11.3 Å². The maximum atomic E-state index is 5.23.